The van der Waals surface area contributed by atoms with Crippen molar-refractivity contribution in [1.29, 1.82) is 0 Å². The summed E-state index contributed by atoms with van der Waals surface area (Å²) in [5, 5.41) is 4.91. The second-order valence-corrected chi connectivity index (χ2v) is 8.55. The molecular formula is C17H15Cl2N3O3S. The number of nitrogens with zero attached hydrogens (tertiary/aromatic N) is 3. The molecule has 0 radical (unpaired) electrons. The molecule has 0 N–H and O–H groups in total. The molecule has 136 valence electrons. The number of hydrogen-bond donors (Lipinski definition) is 0. The molecule has 0 atom stereocenters. The molecule has 2 aromatic carbocycles. The smallest absolute Gasteiger partial charge is 0.242 e. The van der Waals surface area contributed by atoms with Crippen LogP contribution in [0.5, 0.6) is 0 Å². The van der Waals surface area contributed by atoms with Crippen molar-refractivity contribution in [2.45, 2.75) is 12.3 Å². The minimum atomic E-state index is -3.55. The van der Waals surface area contributed by atoms with Crippen LogP contribution in [-0.2, 0) is 22.3 Å². The van der Waals surface area contributed by atoms with E-state index in [4.69, 9.17) is 27.7 Å². The van der Waals surface area contributed by atoms with E-state index in [1.54, 1.807) is 48.5 Å². The van der Waals surface area contributed by atoms with Gasteiger partial charge in [0.25, 0.3) is 0 Å². The standard InChI is InChI=1S/C17H15Cl2N3O3S/c1-22(26(23,24)11-12-6-8-13(18)9-7-12)10-16-20-17(21-25-16)14-4-2-3-5-15(14)19/h2-9H,10-11H2,1H3. The van der Waals surface area contributed by atoms with Crippen molar-refractivity contribution >= 4 is 33.2 Å². The van der Waals surface area contributed by atoms with Crippen LogP contribution in [0, 0.1) is 0 Å². The molecule has 0 saturated heterocycles. The predicted molar refractivity (Wildman–Crippen MR) is 100 cm³/mol. The van der Waals surface area contributed by atoms with Gasteiger partial charge in [-0.3, -0.25) is 0 Å². The number of halogens is 2. The molecule has 9 heteroatoms. The maximum absolute atomic E-state index is 12.5. The van der Waals surface area contributed by atoms with Crippen molar-refractivity contribution in [3.8, 4) is 11.4 Å². The summed E-state index contributed by atoms with van der Waals surface area (Å²) >= 11 is 11.9. The minimum Gasteiger partial charge on any atom is -0.338 e. The Bertz CT molecular complexity index is 1000. The summed E-state index contributed by atoms with van der Waals surface area (Å²) in [5.41, 5.74) is 1.26. The second kappa shape index (κ2) is 7.75. The Morgan fingerprint density at radius 3 is 2.46 bits per heavy atom. The number of aromatic nitrogens is 2. The van der Waals surface area contributed by atoms with Crippen LogP contribution in [0.2, 0.25) is 10.0 Å². The van der Waals surface area contributed by atoms with Crippen LogP contribution >= 0.6 is 23.2 Å². The molecule has 0 fully saturated rings. The summed E-state index contributed by atoms with van der Waals surface area (Å²) in [6.45, 7) is -0.0343. The first-order valence-electron chi connectivity index (χ1n) is 7.61. The fourth-order valence-corrected chi connectivity index (χ4v) is 3.75. The maximum Gasteiger partial charge on any atom is 0.242 e. The quantitative estimate of drug-likeness (QED) is 0.612. The van der Waals surface area contributed by atoms with E-state index in [1.807, 2.05) is 0 Å². The van der Waals surface area contributed by atoms with Gasteiger partial charge in [0.15, 0.2) is 0 Å². The Kier molecular flexibility index (Phi) is 5.62. The third kappa shape index (κ3) is 4.42. The minimum absolute atomic E-state index is 0.0343. The molecule has 1 heterocycles. The first-order chi connectivity index (χ1) is 12.3. The van der Waals surface area contributed by atoms with Gasteiger partial charge in [-0.2, -0.15) is 9.29 Å². The average Bonchev–Trinajstić information content (AvgIpc) is 3.05. The van der Waals surface area contributed by atoms with Crippen LogP contribution < -0.4 is 0 Å². The lowest BCUT2D eigenvalue weighted by molar-refractivity contribution is 0.336. The molecule has 3 rings (SSSR count). The highest BCUT2D eigenvalue weighted by atomic mass is 35.5. The Balaban J connectivity index is 1.72. The number of sulfonamides is 1. The summed E-state index contributed by atoms with van der Waals surface area (Å²) < 4.78 is 31.3. The topological polar surface area (TPSA) is 76.3 Å². The lowest BCUT2D eigenvalue weighted by Crippen LogP contribution is -2.27. The first-order valence-corrected chi connectivity index (χ1v) is 9.97. The average molecular weight is 412 g/mol. The van der Waals surface area contributed by atoms with Gasteiger partial charge in [0.2, 0.25) is 21.7 Å². The van der Waals surface area contributed by atoms with Gasteiger partial charge >= 0.3 is 0 Å². The van der Waals surface area contributed by atoms with Gasteiger partial charge in [-0.25, -0.2) is 8.42 Å². The van der Waals surface area contributed by atoms with Gasteiger partial charge < -0.3 is 4.52 Å². The molecule has 0 aliphatic heterocycles. The zero-order valence-corrected chi connectivity index (χ0v) is 16.1. The lowest BCUT2D eigenvalue weighted by Gasteiger charge is -2.15. The summed E-state index contributed by atoms with van der Waals surface area (Å²) in [5.74, 6) is 0.350. The Morgan fingerprint density at radius 2 is 1.77 bits per heavy atom. The predicted octanol–water partition coefficient (Wildman–Crippen LogP) is 4.01. The highest BCUT2D eigenvalue weighted by Gasteiger charge is 2.22. The van der Waals surface area contributed by atoms with Gasteiger partial charge in [-0.1, -0.05) is 52.6 Å². The van der Waals surface area contributed by atoms with E-state index in [1.165, 1.54) is 11.4 Å². The van der Waals surface area contributed by atoms with Crippen molar-refractivity contribution in [3.63, 3.8) is 0 Å². The van der Waals surface area contributed by atoms with E-state index < -0.39 is 10.0 Å². The monoisotopic (exact) mass is 411 g/mol. The highest BCUT2D eigenvalue weighted by molar-refractivity contribution is 7.88. The Morgan fingerprint density at radius 1 is 1.08 bits per heavy atom. The molecule has 1 aromatic heterocycles. The van der Waals surface area contributed by atoms with Crippen LogP contribution in [0.3, 0.4) is 0 Å². The molecule has 0 unspecified atom stereocenters. The first kappa shape index (κ1) is 18.8. The second-order valence-electron chi connectivity index (χ2n) is 5.63. The van der Waals surface area contributed by atoms with Crippen molar-refractivity contribution < 1.29 is 12.9 Å². The SMILES string of the molecule is CN(Cc1nc(-c2ccccc2Cl)no1)S(=O)(=O)Cc1ccc(Cl)cc1. The number of benzene rings is 2. The van der Waals surface area contributed by atoms with Crippen LogP contribution in [0.25, 0.3) is 11.4 Å². The molecule has 26 heavy (non-hydrogen) atoms. The van der Waals surface area contributed by atoms with Crippen LogP contribution in [0.4, 0.5) is 0 Å². The van der Waals surface area contributed by atoms with E-state index in [0.717, 1.165) is 0 Å². The summed E-state index contributed by atoms with van der Waals surface area (Å²) in [6.07, 6.45) is 0. The summed E-state index contributed by atoms with van der Waals surface area (Å²) in [7, 11) is -2.09. The molecule has 0 aliphatic rings. The zero-order valence-electron chi connectivity index (χ0n) is 13.8. The third-order valence-corrected chi connectivity index (χ3v) is 6.04. The van der Waals surface area contributed by atoms with Crippen LogP contribution in [-0.4, -0.2) is 29.9 Å². The lowest BCUT2D eigenvalue weighted by atomic mass is 10.2. The van der Waals surface area contributed by atoms with E-state index in [0.29, 0.717) is 27.0 Å². The Hall–Kier alpha value is -1.93. The molecule has 0 aliphatic carbocycles. The van der Waals surface area contributed by atoms with Crippen molar-refractivity contribution in [2.75, 3.05) is 7.05 Å². The Labute approximate surface area is 161 Å². The van der Waals surface area contributed by atoms with Gasteiger partial charge in [-0.15, -0.1) is 0 Å². The third-order valence-electron chi connectivity index (χ3n) is 3.68. The highest BCUT2D eigenvalue weighted by Crippen LogP contribution is 2.25. The summed E-state index contributed by atoms with van der Waals surface area (Å²) in [4.78, 5) is 4.23. The summed E-state index contributed by atoms with van der Waals surface area (Å²) in [6, 6.07) is 13.7. The fourth-order valence-electron chi connectivity index (χ4n) is 2.26. The molecule has 0 spiro atoms. The number of hydrogen-bond acceptors (Lipinski definition) is 5. The maximum atomic E-state index is 12.5. The molecule has 0 amide bonds. The molecule has 0 saturated carbocycles. The van der Waals surface area contributed by atoms with Crippen molar-refractivity contribution in [2.24, 2.45) is 0 Å². The van der Waals surface area contributed by atoms with Gasteiger partial charge in [0, 0.05) is 17.6 Å². The van der Waals surface area contributed by atoms with E-state index in [9.17, 15) is 8.42 Å². The van der Waals surface area contributed by atoms with E-state index >= 15 is 0 Å². The van der Waals surface area contributed by atoms with Crippen LogP contribution in [0.1, 0.15) is 11.5 Å². The molecule has 0 bridgehead atoms. The molecular weight excluding hydrogens is 397 g/mol. The number of rotatable bonds is 6. The van der Waals surface area contributed by atoms with Crippen molar-refractivity contribution in [1.82, 2.24) is 14.4 Å². The van der Waals surface area contributed by atoms with Gasteiger partial charge in [0.05, 0.1) is 17.3 Å². The van der Waals surface area contributed by atoms with E-state index in [-0.39, 0.29) is 18.2 Å². The van der Waals surface area contributed by atoms with E-state index in [2.05, 4.69) is 10.1 Å². The molecule has 6 nitrogen and oxygen atoms in total. The fraction of sp³-hybridized carbons (Fsp3) is 0.176. The zero-order chi connectivity index (χ0) is 18.7. The largest absolute Gasteiger partial charge is 0.338 e. The van der Waals surface area contributed by atoms with Crippen molar-refractivity contribution in [3.05, 3.63) is 70.0 Å². The molecule has 3 aromatic rings. The normalized spacial score (nSPS) is 11.8. The van der Waals surface area contributed by atoms with Crippen LogP contribution in [0.15, 0.2) is 53.1 Å². The van der Waals surface area contributed by atoms with Gasteiger partial charge in [0.1, 0.15) is 0 Å². The van der Waals surface area contributed by atoms with Gasteiger partial charge in [-0.05, 0) is 29.8 Å².